The Hall–Kier alpha value is -5.46. The van der Waals surface area contributed by atoms with Gasteiger partial charge in [-0.05, 0) is 186 Å². The van der Waals surface area contributed by atoms with Gasteiger partial charge in [-0.2, -0.15) is 0 Å². The van der Waals surface area contributed by atoms with Crippen LogP contribution in [-0.4, -0.2) is 0 Å². The van der Waals surface area contributed by atoms with E-state index in [1.54, 1.807) is 0 Å². The lowest BCUT2D eigenvalue weighted by Gasteiger charge is -2.28. The van der Waals surface area contributed by atoms with E-state index in [1.807, 2.05) is 30.4 Å². The highest BCUT2D eigenvalue weighted by Gasteiger charge is 2.26. The van der Waals surface area contributed by atoms with Crippen molar-refractivity contribution >= 4 is 40.6 Å². The second-order valence-electron chi connectivity index (χ2n) is 14.1. The van der Waals surface area contributed by atoms with Crippen molar-refractivity contribution in [2.24, 2.45) is 0 Å². The number of benzene rings is 5. The highest BCUT2D eigenvalue weighted by atomic mass is 14.3. The molecule has 0 saturated carbocycles. The fraction of sp³-hybridized carbons (Fsp3) is 0.192. The van der Waals surface area contributed by atoms with Crippen molar-refractivity contribution in [3.63, 3.8) is 0 Å². The van der Waals surface area contributed by atoms with E-state index in [2.05, 4.69) is 162 Å². The number of allylic oxidation sites excluding steroid dienone is 6. The Labute approximate surface area is 313 Å². The molecule has 5 aromatic carbocycles. The largest absolute Gasteiger partial charge is 0.0984 e. The Kier molecular flexibility index (Phi) is 11.2. The summed E-state index contributed by atoms with van der Waals surface area (Å²) < 4.78 is 0. The molecule has 0 nitrogen and oxygen atoms in total. The number of rotatable bonds is 10. The molecule has 0 aromatic heterocycles. The smallest absolute Gasteiger partial charge is 0.00203 e. The van der Waals surface area contributed by atoms with Crippen molar-refractivity contribution < 1.29 is 0 Å². The summed E-state index contributed by atoms with van der Waals surface area (Å²) in [7, 11) is 0. The molecule has 0 fully saturated rings. The maximum Gasteiger partial charge on any atom is -0.00203 e. The molecule has 0 N–H and O–H groups in total. The molecule has 0 atom stereocenters. The average molecular weight is 679 g/mol. The van der Waals surface area contributed by atoms with E-state index in [-0.39, 0.29) is 0 Å². The number of hydrogen-bond donors (Lipinski definition) is 0. The normalized spacial score (nSPS) is 12.0. The first-order chi connectivity index (χ1) is 24.9. The first-order valence-corrected chi connectivity index (χ1v) is 18.3. The second kappa shape index (κ2) is 15.4. The molecule has 0 heteroatoms. The maximum absolute atomic E-state index is 4.45. The summed E-state index contributed by atoms with van der Waals surface area (Å²) in [4.78, 5) is 0. The zero-order valence-corrected chi connectivity index (χ0v) is 33.1. The van der Waals surface area contributed by atoms with Crippen LogP contribution in [0, 0.1) is 27.7 Å². The molecule has 0 spiro atoms. The van der Waals surface area contributed by atoms with Crippen LogP contribution < -0.4 is 0 Å². The Morgan fingerprint density at radius 2 is 0.962 bits per heavy atom. The van der Waals surface area contributed by atoms with Crippen LogP contribution in [0.3, 0.4) is 0 Å². The quantitative estimate of drug-likeness (QED) is 0.129. The number of fused-ring (bicyclic) bond motifs is 1. The van der Waals surface area contributed by atoms with Gasteiger partial charge in [0.05, 0.1) is 0 Å². The van der Waals surface area contributed by atoms with Gasteiger partial charge in [-0.25, -0.2) is 0 Å². The van der Waals surface area contributed by atoms with E-state index in [9.17, 15) is 0 Å². The van der Waals surface area contributed by atoms with Crippen molar-refractivity contribution in [3.05, 3.63) is 171 Å². The molecule has 52 heavy (non-hydrogen) atoms. The van der Waals surface area contributed by atoms with Gasteiger partial charge in [0.2, 0.25) is 0 Å². The Morgan fingerprint density at radius 1 is 0.462 bits per heavy atom. The topological polar surface area (TPSA) is 0 Å². The minimum absolute atomic E-state index is 1.05. The molecular formula is C52H54. The van der Waals surface area contributed by atoms with Crippen LogP contribution in [0.2, 0.25) is 0 Å². The third-order valence-corrected chi connectivity index (χ3v) is 11.5. The van der Waals surface area contributed by atoms with Crippen molar-refractivity contribution in [3.8, 4) is 33.4 Å². The SMILES string of the molecule is C=Cc1c(-c2ccccc2)ccc(-c2c(C=C)c(C=C)c(-c3c(C)c(C)c(C)c(C(=C\C)/C(C)=C(/C)C(C)=C(C)C)c3C)c3ccccc23)c1C=C. The first-order valence-electron chi connectivity index (χ1n) is 18.3. The predicted molar refractivity (Wildman–Crippen MR) is 236 cm³/mol. The third-order valence-electron chi connectivity index (χ3n) is 11.5. The van der Waals surface area contributed by atoms with Crippen LogP contribution in [0.1, 0.15) is 91.6 Å². The Balaban J connectivity index is 1.95. The maximum atomic E-state index is 4.45. The Morgan fingerprint density at radius 3 is 1.50 bits per heavy atom. The molecule has 0 aliphatic heterocycles. The summed E-state index contributed by atoms with van der Waals surface area (Å²) >= 11 is 0. The third kappa shape index (κ3) is 6.22. The Bertz CT molecular complexity index is 2370. The summed E-state index contributed by atoms with van der Waals surface area (Å²) in [5, 5.41) is 2.35. The zero-order chi connectivity index (χ0) is 38.0. The van der Waals surface area contributed by atoms with E-state index in [0.29, 0.717) is 0 Å². The van der Waals surface area contributed by atoms with Gasteiger partial charge < -0.3 is 0 Å². The molecule has 0 saturated heterocycles. The molecule has 0 radical (unpaired) electrons. The van der Waals surface area contributed by atoms with E-state index in [0.717, 1.165) is 44.5 Å². The van der Waals surface area contributed by atoms with Crippen LogP contribution in [0.5, 0.6) is 0 Å². The van der Waals surface area contributed by atoms with Gasteiger partial charge in [0, 0.05) is 0 Å². The van der Waals surface area contributed by atoms with E-state index >= 15 is 0 Å². The summed E-state index contributed by atoms with van der Waals surface area (Å²) in [6.07, 6.45) is 10.3. The van der Waals surface area contributed by atoms with E-state index in [1.165, 1.54) is 77.6 Å². The molecule has 262 valence electrons. The van der Waals surface area contributed by atoms with Crippen LogP contribution in [0.4, 0.5) is 0 Å². The number of hydrogen-bond acceptors (Lipinski definition) is 0. The minimum Gasteiger partial charge on any atom is -0.0984 e. The minimum atomic E-state index is 1.05. The molecule has 5 aromatic rings. The van der Waals surface area contributed by atoms with Crippen LogP contribution in [-0.2, 0) is 0 Å². The molecule has 0 heterocycles. The molecule has 0 aliphatic rings. The average Bonchev–Trinajstić information content (AvgIpc) is 3.16. The zero-order valence-electron chi connectivity index (χ0n) is 33.1. The standard InChI is InChI=1S/C52H54/c1-15-40(35(11)33(9)32(8)31(6)7)49-36(12)34(10)37(13)50(38(49)14)52-44(19-5)43(18-4)51(46-27-23-24-28-47(46)52)48-30-29-45(39-25-21-20-22-26-39)41(16-2)42(48)17-3/h15-30H,2-5H2,1,6-14H3/b35-33-,40-15-. The van der Waals surface area contributed by atoms with Crippen LogP contribution in [0.15, 0.2) is 121 Å². The molecule has 0 bridgehead atoms. The van der Waals surface area contributed by atoms with Gasteiger partial charge in [0.15, 0.2) is 0 Å². The lowest BCUT2D eigenvalue weighted by Crippen LogP contribution is -2.06. The molecule has 0 aliphatic carbocycles. The van der Waals surface area contributed by atoms with Crippen molar-refractivity contribution in [2.75, 3.05) is 0 Å². The first kappa shape index (κ1) is 37.8. The molecule has 0 amide bonds. The van der Waals surface area contributed by atoms with Crippen molar-refractivity contribution in [1.29, 1.82) is 0 Å². The van der Waals surface area contributed by atoms with E-state index < -0.39 is 0 Å². The fourth-order valence-electron chi connectivity index (χ4n) is 8.16. The molecular weight excluding hydrogens is 625 g/mol. The predicted octanol–water partition coefficient (Wildman–Crippen LogP) is 15.7. The van der Waals surface area contributed by atoms with Gasteiger partial charge in [-0.3, -0.25) is 0 Å². The summed E-state index contributed by atoms with van der Waals surface area (Å²) in [5.74, 6) is 0. The summed E-state index contributed by atoms with van der Waals surface area (Å²) in [6, 6.07) is 23.8. The molecule has 5 rings (SSSR count). The monoisotopic (exact) mass is 678 g/mol. The van der Waals surface area contributed by atoms with Crippen LogP contribution in [0.25, 0.3) is 74.0 Å². The summed E-state index contributed by atoms with van der Waals surface area (Å²) in [5.41, 5.74) is 24.3. The van der Waals surface area contributed by atoms with Crippen molar-refractivity contribution in [1.82, 2.24) is 0 Å². The van der Waals surface area contributed by atoms with E-state index in [4.69, 9.17) is 0 Å². The molecule has 0 unspecified atom stereocenters. The fourth-order valence-corrected chi connectivity index (χ4v) is 8.16. The van der Waals surface area contributed by atoms with Gasteiger partial charge in [0.25, 0.3) is 0 Å². The highest BCUT2D eigenvalue weighted by molar-refractivity contribution is 6.14. The van der Waals surface area contributed by atoms with Crippen molar-refractivity contribution in [2.45, 2.75) is 69.2 Å². The van der Waals surface area contributed by atoms with Gasteiger partial charge in [-0.1, -0.05) is 129 Å². The van der Waals surface area contributed by atoms with Gasteiger partial charge in [0.1, 0.15) is 0 Å². The lowest BCUT2D eigenvalue weighted by molar-refractivity contribution is 1.18. The summed E-state index contributed by atoms with van der Waals surface area (Å²) in [6.45, 7) is 39.9. The highest BCUT2D eigenvalue weighted by Crippen LogP contribution is 2.49. The van der Waals surface area contributed by atoms with Gasteiger partial charge >= 0.3 is 0 Å². The second-order valence-corrected chi connectivity index (χ2v) is 14.1. The lowest BCUT2D eigenvalue weighted by atomic mass is 9.76. The van der Waals surface area contributed by atoms with Crippen LogP contribution >= 0.6 is 0 Å². The van der Waals surface area contributed by atoms with Gasteiger partial charge in [-0.15, -0.1) is 0 Å².